The Kier molecular flexibility index (Phi) is 4.60. The minimum atomic E-state index is 0.503. The third-order valence-corrected chi connectivity index (χ3v) is 4.28. The number of morpholine rings is 1. The van der Waals surface area contributed by atoms with Crippen LogP contribution in [-0.4, -0.2) is 36.0 Å². The lowest BCUT2D eigenvalue weighted by molar-refractivity contribution is -0.00228. The van der Waals surface area contributed by atoms with Crippen molar-refractivity contribution in [1.29, 1.82) is 0 Å². The Morgan fingerprint density at radius 1 is 1.35 bits per heavy atom. The Balaban J connectivity index is 2.13. The summed E-state index contributed by atoms with van der Waals surface area (Å²) in [4.78, 5) is 2.52. The molecule has 1 heterocycles. The summed E-state index contributed by atoms with van der Waals surface area (Å²) in [6.07, 6.45) is 0. The molecule has 0 N–H and O–H groups in total. The van der Waals surface area contributed by atoms with Gasteiger partial charge in [-0.05, 0) is 30.5 Å². The van der Waals surface area contributed by atoms with Crippen molar-refractivity contribution in [3.05, 3.63) is 34.9 Å². The summed E-state index contributed by atoms with van der Waals surface area (Å²) in [5.41, 5.74) is 4.26. The van der Waals surface area contributed by atoms with E-state index in [1.165, 1.54) is 16.7 Å². The highest BCUT2D eigenvalue weighted by atomic mass is 79.9. The van der Waals surface area contributed by atoms with Gasteiger partial charge < -0.3 is 4.74 Å². The van der Waals surface area contributed by atoms with Gasteiger partial charge in [0.25, 0.3) is 0 Å². The lowest BCUT2D eigenvalue weighted by Crippen LogP contribution is -2.46. The van der Waals surface area contributed by atoms with Gasteiger partial charge >= 0.3 is 0 Å². The Morgan fingerprint density at radius 3 is 2.71 bits per heavy atom. The van der Waals surface area contributed by atoms with Crippen LogP contribution in [0.25, 0.3) is 0 Å². The minimum absolute atomic E-state index is 0.503. The number of aryl methyl sites for hydroxylation is 2. The molecule has 2 rings (SSSR count). The molecule has 1 aliphatic heterocycles. The molecule has 1 aromatic carbocycles. The third kappa shape index (κ3) is 3.09. The molecular formula is C14H20BrNO. The molecule has 0 amide bonds. The van der Waals surface area contributed by atoms with Crippen molar-refractivity contribution in [2.75, 3.05) is 25.1 Å². The average Bonchev–Trinajstić information content (AvgIpc) is 2.34. The molecular weight excluding hydrogens is 278 g/mol. The Hall–Kier alpha value is -0.380. The summed E-state index contributed by atoms with van der Waals surface area (Å²) >= 11 is 3.58. The van der Waals surface area contributed by atoms with Crippen molar-refractivity contribution in [1.82, 2.24) is 4.90 Å². The molecule has 1 unspecified atom stereocenters. The summed E-state index contributed by atoms with van der Waals surface area (Å²) in [5, 5.41) is 0.984. The Morgan fingerprint density at radius 2 is 2.06 bits per heavy atom. The number of ether oxygens (including phenoxy) is 1. The number of hydrogen-bond donors (Lipinski definition) is 0. The summed E-state index contributed by atoms with van der Waals surface area (Å²) < 4.78 is 5.53. The standard InChI is InChI=1S/C14H20BrNO/c1-11-4-3-5-12(2)14(11)9-16-6-7-17-10-13(16)8-15/h3-5,13H,6-10H2,1-2H3. The van der Waals surface area contributed by atoms with E-state index < -0.39 is 0 Å². The zero-order valence-electron chi connectivity index (χ0n) is 10.6. The fraction of sp³-hybridized carbons (Fsp3) is 0.571. The lowest BCUT2D eigenvalue weighted by atomic mass is 10.0. The highest BCUT2D eigenvalue weighted by molar-refractivity contribution is 9.09. The molecule has 0 aromatic heterocycles. The highest BCUT2D eigenvalue weighted by Gasteiger charge is 2.22. The van der Waals surface area contributed by atoms with Gasteiger partial charge in [-0.25, -0.2) is 0 Å². The molecule has 0 aliphatic carbocycles. The average molecular weight is 298 g/mol. The first-order chi connectivity index (χ1) is 8.22. The second-order valence-corrected chi connectivity index (χ2v) is 5.37. The monoisotopic (exact) mass is 297 g/mol. The van der Waals surface area contributed by atoms with Crippen LogP contribution >= 0.6 is 15.9 Å². The van der Waals surface area contributed by atoms with E-state index in [-0.39, 0.29) is 0 Å². The third-order valence-electron chi connectivity index (χ3n) is 3.53. The molecule has 1 aromatic rings. The van der Waals surface area contributed by atoms with Gasteiger partial charge in [0.1, 0.15) is 0 Å². The minimum Gasteiger partial charge on any atom is -0.378 e. The molecule has 17 heavy (non-hydrogen) atoms. The van der Waals surface area contributed by atoms with E-state index in [4.69, 9.17) is 4.74 Å². The van der Waals surface area contributed by atoms with E-state index in [1.807, 2.05) is 0 Å². The van der Waals surface area contributed by atoms with Gasteiger partial charge in [0.05, 0.1) is 13.2 Å². The van der Waals surface area contributed by atoms with Crippen LogP contribution in [0.15, 0.2) is 18.2 Å². The molecule has 0 radical (unpaired) electrons. The van der Waals surface area contributed by atoms with Crippen LogP contribution in [-0.2, 0) is 11.3 Å². The van der Waals surface area contributed by atoms with Crippen molar-refractivity contribution in [3.8, 4) is 0 Å². The van der Waals surface area contributed by atoms with Gasteiger partial charge in [-0.2, -0.15) is 0 Å². The predicted molar refractivity (Wildman–Crippen MR) is 74.7 cm³/mol. The van der Waals surface area contributed by atoms with Crippen molar-refractivity contribution in [3.63, 3.8) is 0 Å². The van der Waals surface area contributed by atoms with Crippen molar-refractivity contribution in [2.24, 2.45) is 0 Å². The predicted octanol–water partition coefficient (Wildman–Crippen LogP) is 2.90. The number of hydrogen-bond acceptors (Lipinski definition) is 2. The molecule has 1 fully saturated rings. The van der Waals surface area contributed by atoms with Crippen LogP contribution in [0.2, 0.25) is 0 Å². The summed E-state index contributed by atoms with van der Waals surface area (Å²) in [6.45, 7) is 8.17. The number of alkyl halides is 1. The first-order valence-electron chi connectivity index (χ1n) is 6.15. The Bertz CT molecular complexity index is 360. The fourth-order valence-electron chi connectivity index (χ4n) is 2.34. The quantitative estimate of drug-likeness (QED) is 0.796. The summed E-state index contributed by atoms with van der Waals surface area (Å²) in [6, 6.07) is 7.04. The van der Waals surface area contributed by atoms with Crippen LogP contribution in [0.1, 0.15) is 16.7 Å². The van der Waals surface area contributed by atoms with Crippen LogP contribution < -0.4 is 0 Å². The number of halogens is 1. The molecule has 1 aliphatic rings. The van der Waals surface area contributed by atoms with E-state index in [0.717, 1.165) is 31.6 Å². The molecule has 1 atom stereocenters. The Labute approximate surface area is 112 Å². The number of benzene rings is 1. The van der Waals surface area contributed by atoms with Crippen LogP contribution in [0.4, 0.5) is 0 Å². The molecule has 94 valence electrons. The zero-order valence-corrected chi connectivity index (χ0v) is 12.2. The first-order valence-corrected chi connectivity index (χ1v) is 7.27. The smallest absolute Gasteiger partial charge is 0.0630 e. The number of rotatable bonds is 3. The second kappa shape index (κ2) is 5.98. The number of nitrogens with zero attached hydrogens (tertiary/aromatic N) is 1. The topological polar surface area (TPSA) is 12.5 Å². The fourth-order valence-corrected chi connectivity index (χ4v) is 2.94. The molecule has 0 spiro atoms. The van der Waals surface area contributed by atoms with Gasteiger partial charge in [-0.3, -0.25) is 4.90 Å². The normalized spacial score (nSPS) is 21.7. The molecule has 0 saturated carbocycles. The van der Waals surface area contributed by atoms with E-state index in [1.54, 1.807) is 0 Å². The maximum absolute atomic E-state index is 5.53. The summed E-state index contributed by atoms with van der Waals surface area (Å²) in [7, 11) is 0. The molecule has 1 saturated heterocycles. The maximum Gasteiger partial charge on any atom is 0.0630 e. The van der Waals surface area contributed by atoms with E-state index >= 15 is 0 Å². The van der Waals surface area contributed by atoms with Crippen molar-refractivity contribution in [2.45, 2.75) is 26.4 Å². The van der Waals surface area contributed by atoms with E-state index in [9.17, 15) is 0 Å². The molecule has 3 heteroatoms. The maximum atomic E-state index is 5.53. The highest BCUT2D eigenvalue weighted by Crippen LogP contribution is 2.19. The van der Waals surface area contributed by atoms with Crippen molar-refractivity contribution >= 4 is 15.9 Å². The van der Waals surface area contributed by atoms with Crippen LogP contribution in [0.3, 0.4) is 0 Å². The van der Waals surface area contributed by atoms with Gasteiger partial charge in [0.2, 0.25) is 0 Å². The second-order valence-electron chi connectivity index (χ2n) is 4.72. The lowest BCUT2D eigenvalue weighted by Gasteiger charge is -2.35. The van der Waals surface area contributed by atoms with Gasteiger partial charge in [-0.1, -0.05) is 34.1 Å². The van der Waals surface area contributed by atoms with Gasteiger partial charge in [0, 0.05) is 24.5 Å². The molecule has 2 nitrogen and oxygen atoms in total. The van der Waals surface area contributed by atoms with Gasteiger partial charge in [0.15, 0.2) is 0 Å². The van der Waals surface area contributed by atoms with Gasteiger partial charge in [-0.15, -0.1) is 0 Å². The van der Waals surface area contributed by atoms with Crippen LogP contribution in [0.5, 0.6) is 0 Å². The van der Waals surface area contributed by atoms with E-state index in [0.29, 0.717) is 6.04 Å². The zero-order chi connectivity index (χ0) is 12.3. The first kappa shape index (κ1) is 13.1. The van der Waals surface area contributed by atoms with Crippen molar-refractivity contribution < 1.29 is 4.74 Å². The van der Waals surface area contributed by atoms with E-state index in [2.05, 4.69) is 52.9 Å². The SMILES string of the molecule is Cc1cccc(C)c1CN1CCOCC1CBr. The largest absolute Gasteiger partial charge is 0.378 e. The van der Waals surface area contributed by atoms with Crippen LogP contribution in [0, 0.1) is 13.8 Å². The molecule has 0 bridgehead atoms. The summed E-state index contributed by atoms with van der Waals surface area (Å²) in [5.74, 6) is 0.